The molecule has 1 aromatic heterocycles. The number of para-hydroxylation sites is 1. The van der Waals surface area contributed by atoms with Crippen molar-refractivity contribution >= 4 is 39.6 Å². The number of hydrogen-bond donors (Lipinski definition) is 3. The van der Waals surface area contributed by atoms with E-state index in [0.29, 0.717) is 37.4 Å². The summed E-state index contributed by atoms with van der Waals surface area (Å²) in [7, 11) is 0. The number of carbonyl (C=O) groups excluding carboxylic acids is 2. The zero-order valence-electron chi connectivity index (χ0n) is 15.0. The van der Waals surface area contributed by atoms with Crippen molar-refractivity contribution in [3.05, 3.63) is 29.3 Å². The lowest BCUT2D eigenvalue weighted by atomic mass is 10.0. The number of nitrogens with zero attached hydrogens (tertiary/aromatic N) is 3. The molecule has 8 nitrogen and oxygen atoms in total. The number of benzene rings is 1. The van der Waals surface area contributed by atoms with Crippen molar-refractivity contribution < 1.29 is 9.59 Å². The van der Waals surface area contributed by atoms with Gasteiger partial charge in [0.25, 0.3) is 0 Å². The van der Waals surface area contributed by atoms with E-state index >= 15 is 0 Å². The summed E-state index contributed by atoms with van der Waals surface area (Å²) < 4.78 is 0.978. The number of Topliss-reactive ketones (excluding diaryl/α,β-unsaturated/α-hetero) is 1. The SMILES string of the molecule is NNC=NCCCC(C(=O)c1nc2ccccc2s1)N1CCC[C@H]1C(N)=O. The van der Waals surface area contributed by atoms with Crippen LogP contribution in [0.5, 0.6) is 0 Å². The minimum Gasteiger partial charge on any atom is -0.368 e. The van der Waals surface area contributed by atoms with Gasteiger partial charge in [0.15, 0.2) is 5.01 Å². The molecule has 27 heavy (non-hydrogen) atoms. The van der Waals surface area contributed by atoms with Gasteiger partial charge < -0.3 is 11.2 Å². The lowest BCUT2D eigenvalue weighted by Gasteiger charge is -2.30. The van der Waals surface area contributed by atoms with Gasteiger partial charge in [0.05, 0.1) is 28.6 Å². The molecule has 1 saturated heterocycles. The average Bonchev–Trinajstić information content (AvgIpc) is 3.31. The summed E-state index contributed by atoms with van der Waals surface area (Å²) in [5, 5.41) is 0.475. The van der Waals surface area contributed by atoms with E-state index in [4.69, 9.17) is 11.6 Å². The maximum absolute atomic E-state index is 13.3. The Morgan fingerprint density at radius 1 is 1.44 bits per heavy atom. The predicted octanol–water partition coefficient (Wildman–Crippen LogP) is 1.07. The highest BCUT2D eigenvalue weighted by Gasteiger charge is 2.38. The third-order valence-corrected chi connectivity index (χ3v) is 5.81. The third kappa shape index (κ3) is 4.49. The summed E-state index contributed by atoms with van der Waals surface area (Å²) >= 11 is 1.39. The first-order valence-electron chi connectivity index (χ1n) is 9.01. The smallest absolute Gasteiger partial charge is 0.234 e. The highest BCUT2D eigenvalue weighted by molar-refractivity contribution is 7.20. The Kier molecular flexibility index (Phi) is 6.49. The number of primary amides is 1. The molecular formula is C18H24N6O2S. The second kappa shape index (κ2) is 9.03. The van der Waals surface area contributed by atoms with Crippen LogP contribution >= 0.6 is 11.3 Å². The molecule has 144 valence electrons. The van der Waals surface area contributed by atoms with Gasteiger partial charge in [0.2, 0.25) is 11.7 Å². The van der Waals surface area contributed by atoms with Crippen LogP contribution in [0, 0.1) is 0 Å². The standard InChI is InChI=1S/C18H24N6O2S/c19-17(26)14-7-4-10-24(14)13(6-3-9-21-11-22-20)16(25)18-23-12-5-1-2-8-15(12)27-18/h1-2,5,8,11,13-14H,3-4,6-7,9-10,20H2,(H2,19,26)(H,21,22)/t13?,14-/m0/s1. The highest BCUT2D eigenvalue weighted by atomic mass is 32.1. The molecule has 2 aromatic rings. The van der Waals surface area contributed by atoms with Gasteiger partial charge in [-0.3, -0.25) is 19.5 Å². The minimum absolute atomic E-state index is 0.0507. The predicted molar refractivity (Wildman–Crippen MR) is 107 cm³/mol. The van der Waals surface area contributed by atoms with Gasteiger partial charge >= 0.3 is 0 Å². The van der Waals surface area contributed by atoms with Crippen LogP contribution in [0.3, 0.4) is 0 Å². The molecule has 0 bridgehead atoms. The lowest BCUT2D eigenvalue weighted by Crippen LogP contribution is -2.49. The largest absolute Gasteiger partial charge is 0.368 e. The van der Waals surface area contributed by atoms with Crippen molar-refractivity contribution in [3.8, 4) is 0 Å². The van der Waals surface area contributed by atoms with Crippen LogP contribution in [0.25, 0.3) is 10.2 Å². The number of ketones is 1. The van der Waals surface area contributed by atoms with E-state index in [0.717, 1.165) is 16.6 Å². The average molecular weight is 388 g/mol. The molecule has 0 aliphatic carbocycles. The van der Waals surface area contributed by atoms with Crippen LogP contribution in [0.1, 0.15) is 35.5 Å². The second-order valence-electron chi connectivity index (χ2n) is 6.51. The van der Waals surface area contributed by atoms with Gasteiger partial charge in [0, 0.05) is 6.54 Å². The Labute approximate surface area is 161 Å². The summed E-state index contributed by atoms with van der Waals surface area (Å²) in [5.74, 6) is 4.74. The van der Waals surface area contributed by atoms with Crippen LogP contribution in [0.15, 0.2) is 29.3 Å². The number of nitrogens with two attached hydrogens (primary N) is 2. The maximum atomic E-state index is 13.3. The van der Waals surface area contributed by atoms with E-state index < -0.39 is 12.1 Å². The zero-order chi connectivity index (χ0) is 19.2. The van der Waals surface area contributed by atoms with Crippen LogP contribution < -0.4 is 17.0 Å². The third-order valence-electron chi connectivity index (χ3n) is 4.76. The van der Waals surface area contributed by atoms with Gasteiger partial charge in [-0.25, -0.2) is 10.8 Å². The maximum Gasteiger partial charge on any atom is 0.234 e. The quantitative estimate of drug-likeness (QED) is 0.147. The molecule has 1 aliphatic rings. The number of amides is 1. The van der Waals surface area contributed by atoms with Crippen LogP contribution in [0.2, 0.25) is 0 Å². The molecule has 0 saturated carbocycles. The zero-order valence-corrected chi connectivity index (χ0v) is 15.8. The van der Waals surface area contributed by atoms with E-state index in [1.54, 1.807) is 0 Å². The monoisotopic (exact) mass is 388 g/mol. The molecule has 9 heteroatoms. The van der Waals surface area contributed by atoms with Crippen molar-refractivity contribution in [1.29, 1.82) is 0 Å². The van der Waals surface area contributed by atoms with E-state index in [-0.39, 0.29) is 11.7 Å². The van der Waals surface area contributed by atoms with E-state index in [1.807, 2.05) is 29.2 Å². The minimum atomic E-state index is -0.424. The number of rotatable bonds is 9. The normalized spacial score (nSPS) is 18.9. The molecule has 1 amide bonds. The van der Waals surface area contributed by atoms with Gasteiger partial charge in [0.1, 0.15) is 0 Å². The Hall–Kier alpha value is -2.36. The number of carbonyl (C=O) groups is 2. The Morgan fingerprint density at radius 2 is 2.26 bits per heavy atom. The first-order chi connectivity index (χ1) is 13.1. The van der Waals surface area contributed by atoms with Gasteiger partial charge in [-0.15, -0.1) is 11.3 Å². The lowest BCUT2D eigenvalue weighted by molar-refractivity contribution is -0.122. The number of fused-ring (bicyclic) bond motifs is 1. The fraction of sp³-hybridized carbons (Fsp3) is 0.444. The number of aliphatic imine (C=N–C) groups is 1. The van der Waals surface area contributed by atoms with Crippen LogP contribution in [0.4, 0.5) is 0 Å². The van der Waals surface area contributed by atoms with E-state index in [2.05, 4.69) is 15.4 Å². The fourth-order valence-electron chi connectivity index (χ4n) is 3.53. The molecule has 0 radical (unpaired) electrons. The van der Waals surface area contributed by atoms with Gasteiger partial charge in [-0.05, 0) is 44.4 Å². The highest BCUT2D eigenvalue weighted by Crippen LogP contribution is 2.28. The first-order valence-corrected chi connectivity index (χ1v) is 9.82. The molecule has 0 spiro atoms. The number of aromatic nitrogens is 1. The molecule has 1 unspecified atom stereocenters. The Balaban J connectivity index is 1.82. The number of hydrazine groups is 1. The Bertz CT molecular complexity index is 803. The summed E-state index contributed by atoms with van der Waals surface area (Å²) in [6.45, 7) is 1.23. The molecule has 5 N–H and O–H groups in total. The van der Waals surface area contributed by atoms with Crippen molar-refractivity contribution in [2.75, 3.05) is 13.1 Å². The van der Waals surface area contributed by atoms with Crippen molar-refractivity contribution in [1.82, 2.24) is 15.3 Å². The molecular weight excluding hydrogens is 364 g/mol. The van der Waals surface area contributed by atoms with Crippen LogP contribution in [-0.2, 0) is 4.79 Å². The van der Waals surface area contributed by atoms with Crippen LogP contribution in [-0.4, -0.2) is 53.1 Å². The topological polar surface area (TPSA) is 127 Å². The molecule has 1 fully saturated rings. The summed E-state index contributed by atoms with van der Waals surface area (Å²) in [4.78, 5) is 35.7. The van der Waals surface area contributed by atoms with Gasteiger partial charge in [-0.2, -0.15) is 0 Å². The molecule has 1 aliphatic heterocycles. The molecule has 2 atom stereocenters. The van der Waals surface area contributed by atoms with Crippen molar-refractivity contribution in [2.24, 2.45) is 16.6 Å². The first kappa shape index (κ1) is 19.4. The number of nitrogens with one attached hydrogen (secondary N) is 1. The van der Waals surface area contributed by atoms with E-state index in [9.17, 15) is 9.59 Å². The number of hydrogen-bond acceptors (Lipinski definition) is 7. The molecule has 1 aromatic carbocycles. The number of thiazole rings is 1. The summed E-state index contributed by atoms with van der Waals surface area (Å²) in [6, 6.07) is 6.86. The molecule has 3 rings (SSSR count). The Morgan fingerprint density at radius 3 is 3.00 bits per heavy atom. The fourth-order valence-corrected chi connectivity index (χ4v) is 4.48. The summed E-state index contributed by atoms with van der Waals surface area (Å²) in [6.07, 6.45) is 4.25. The second-order valence-corrected chi connectivity index (χ2v) is 7.54. The number of likely N-dealkylation sites (tertiary alicyclic amines) is 1. The van der Waals surface area contributed by atoms with Crippen molar-refractivity contribution in [2.45, 2.75) is 37.8 Å². The van der Waals surface area contributed by atoms with E-state index in [1.165, 1.54) is 17.7 Å². The van der Waals surface area contributed by atoms with Gasteiger partial charge in [-0.1, -0.05) is 12.1 Å². The summed E-state index contributed by atoms with van der Waals surface area (Å²) in [5.41, 5.74) is 8.74. The molecule has 2 heterocycles. The van der Waals surface area contributed by atoms with Crippen molar-refractivity contribution in [3.63, 3.8) is 0 Å².